The molecule has 90 valence electrons. The molecule has 0 spiro atoms. The molecule has 0 amide bonds. The maximum absolute atomic E-state index is 11.9. The lowest BCUT2D eigenvalue weighted by Gasteiger charge is -2.20. The average molecular weight is 252 g/mol. The third kappa shape index (κ3) is 3.40. The summed E-state index contributed by atoms with van der Waals surface area (Å²) in [6.07, 6.45) is 5.28. The molecular formula is C13H14ClNO2. The Hall–Kier alpha value is -1.66. The van der Waals surface area contributed by atoms with Gasteiger partial charge in [-0.05, 0) is 32.9 Å². The first kappa shape index (κ1) is 13.4. The van der Waals surface area contributed by atoms with E-state index in [1.165, 1.54) is 12.1 Å². The summed E-state index contributed by atoms with van der Waals surface area (Å²) >= 11 is 5.86. The van der Waals surface area contributed by atoms with Crippen molar-refractivity contribution >= 4 is 23.3 Å². The van der Waals surface area contributed by atoms with E-state index in [1.807, 2.05) is 0 Å². The van der Waals surface area contributed by atoms with Crippen molar-refractivity contribution in [3.05, 3.63) is 28.3 Å². The second-order valence-corrected chi connectivity index (χ2v) is 5.00. The lowest BCUT2D eigenvalue weighted by atomic mass is 10.1. The van der Waals surface area contributed by atoms with Gasteiger partial charge in [-0.3, -0.25) is 0 Å². The number of carbonyl (C=O) groups is 1. The first-order chi connectivity index (χ1) is 7.74. The van der Waals surface area contributed by atoms with Crippen LogP contribution in [0.2, 0.25) is 5.02 Å². The standard InChI is InChI=1S/C13H14ClNO2/c1-5-8-6-9(14)7-10(11(8)15)12(16)17-13(2,3)4/h1,6-7H,15H2,2-4H3. The van der Waals surface area contributed by atoms with Crippen LogP contribution in [0.5, 0.6) is 0 Å². The zero-order valence-corrected chi connectivity index (χ0v) is 10.8. The van der Waals surface area contributed by atoms with Gasteiger partial charge in [-0.2, -0.15) is 0 Å². The molecule has 1 rings (SSSR count). The number of rotatable bonds is 1. The molecule has 0 saturated carbocycles. The van der Waals surface area contributed by atoms with Gasteiger partial charge in [-0.15, -0.1) is 6.42 Å². The lowest BCUT2D eigenvalue weighted by molar-refractivity contribution is 0.00708. The fourth-order valence-corrected chi connectivity index (χ4v) is 1.46. The van der Waals surface area contributed by atoms with Gasteiger partial charge in [0.05, 0.1) is 11.3 Å². The van der Waals surface area contributed by atoms with Crippen LogP contribution in [0.3, 0.4) is 0 Å². The number of hydrogen-bond donors (Lipinski definition) is 1. The highest BCUT2D eigenvalue weighted by Crippen LogP contribution is 2.25. The van der Waals surface area contributed by atoms with Gasteiger partial charge in [0.15, 0.2) is 0 Å². The summed E-state index contributed by atoms with van der Waals surface area (Å²) in [7, 11) is 0. The smallest absolute Gasteiger partial charge is 0.340 e. The highest BCUT2D eigenvalue weighted by atomic mass is 35.5. The van der Waals surface area contributed by atoms with E-state index in [0.717, 1.165) is 0 Å². The van der Waals surface area contributed by atoms with Crippen LogP contribution in [-0.2, 0) is 4.74 Å². The molecule has 0 heterocycles. The number of nitrogens with two attached hydrogens (primary N) is 1. The number of anilines is 1. The molecule has 0 fully saturated rings. The molecule has 17 heavy (non-hydrogen) atoms. The summed E-state index contributed by atoms with van der Waals surface area (Å²) in [5, 5.41) is 0.355. The normalized spacial score (nSPS) is 10.8. The van der Waals surface area contributed by atoms with E-state index >= 15 is 0 Å². The molecule has 0 aliphatic rings. The topological polar surface area (TPSA) is 52.3 Å². The van der Waals surface area contributed by atoms with Gasteiger partial charge >= 0.3 is 5.97 Å². The van der Waals surface area contributed by atoms with E-state index in [2.05, 4.69) is 5.92 Å². The lowest BCUT2D eigenvalue weighted by Crippen LogP contribution is -2.24. The highest BCUT2D eigenvalue weighted by molar-refractivity contribution is 6.31. The predicted octanol–water partition coefficient (Wildman–Crippen LogP) is 2.86. The predicted molar refractivity (Wildman–Crippen MR) is 69.0 cm³/mol. The van der Waals surface area contributed by atoms with Crippen LogP contribution in [0.25, 0.3) is 0 Å². The van der Waals surface area contributed by atoms with Crippen LogP contribution >= 0.6 is 11.6 Å². The van der Waals surface area contributed by atoms with E-state index in [0.29, 0.717) is 10.6 Å². The zero-order valence-electron chi connectivity index (χ0n) is 10.0. The molecule has 0 radical (unpaired) electrons. The van der Waals surface area contributed by atoms with Crippen molar-refractivity contribution in [3.8, 4) is 12.3 Å². The van der Waals surface area contributed by atoms with Crippen molar-refractivity contribution in [1.29, 1.82) is 0 Å². The quantitative estimate of drug-likeness (QED) is 0.474. The monoisotopic (exact) mass is 251 g/mol. The number of benzene rings is 1. The van der Waals surface area contributed by atoms with Crippen molar-refractivity contribution < 1.29 is 9.53 Å². The van der Waals surface area contributed by atoms with E-state index in [-0.39, 0.29) is 11.3 Å². The number of ether oxygens (including phenoxy) is 1. The van der Waals surface area contributed by atoms with Crippen LogP contribution in [-0.4, -0.2) is 11.6 Å². The maximum atomic E-state index is 11.9. The van der Waals surface area contributed by atoms with Crippen molar-refractivity contribution in [1.82, 2.24) is 0 Å². The minimum atomic E-state index is -0.595. The molecule has 0 aliphatic carbocycles. The Bertz CT molecular complexity index is 495. The van der Waals surface area contributed by atoms with Crippen molar-refractivity contribution in [2.45, 2.75) is 26.4 Å². The number of terminal acetylenes is 1. The van der Waals surface area contributed by atoms with E-state index in [9.17, 15) is 4.79 Å². The Morgan fingerprint density at radius 2 is 2.06 bits per heavy atom. The first-order valence-corrected chi connectivity index (χ1v) is 5.41. The summed E-state index contributed by atoms with van der Waals surface area (Å²) in [6, 6.07) is 2.98. The number of hydrogen-bond acceptors (Lipinski definition) is 3. The van der Waals surface area contributed by atoms with Crippen molar-refractivity contribution in [2.24, 2.45) is 0 Å². The Balaban J connectivity index is 3.19. The van der Waals surface area contributed by atoms with Crippen LogP contribution < -0.4 is 5.73 Å². The number of carbonyl (C=O) groups excluding carboxylic acids is 1. The number of halogens is 1. The van der Waals surface area contributed by atoms with E-state index < -0.39 is 11.6 Å². The molecule has 0 unspecified atom stereocenters. The second kappa shape index (κ2) is 4.68. The Labute approximate surface area is 106 Å². The van der Waals surface area contributed by atoms with Gasteiger partial charge in [0, 0.05) is 10.6 Å². The zero-order chi connectivity index (χ0) is 13.2. The van der Waals surface area contributed by atoms with Gasteiger partial charge in [-0.25, -0.2) is 4.79 Å². The number of esters is 1. The third-order valence-corrected chi connectivity index (χ3v) is 2.14. The van der Waals surface area contributed by atoms with Crippen molar-refractivity contribution in [2.75, 3.05) is 5.73 Å². The summed E-state index contributed by atoms with van der Waals surface area (Å²) in [4.78, 5) is 11.9. The molecule has 4 heteroatoms. The second-order valence-electron chi connectivity index (χ2n) is 4.56. The molecule has 1 aromatic carbocycles. The third-order valence-electron chi connectivity index (χ3n) is 1.92. The summed E-state index contributed by atoms with van der Waals surface area (Å²) < 4.78 is 5.21. The Morgan fingerprint density at radius 1 is 1.47 bits per heavy atom. The fraction of sp³-hybridized carbons (Fsp3) is 0.308. The summed E-state index contributed by atoms with van der Waals surface area (Å²) in [5.41, 5.74) is 5.98. The largest absolute Gasteiger partial charge is 0.456 e. The molecule has 0 atom stereocenters. The van der Waals surface area contributed by atoms with Gasteiger partial charge < -0.3 is 10.5 Å². The van der Waals surface area contributed by atoms with E-state index in [1.54, 1.807) is 20.8 Å². The van der Waals surface area contributed by atoms with E-state index in [4.69, 9.17) is 28.5 Å². The Kier molecular flexibility index (Phi) is 3.69. The average Bonchev–Trinajstić information content (AvgIpc) is 2.18. The summed E-state index contributed by atoms with van der Waals surface area (Å²) in [5.74, 6) is 1.84. The molecule has 0 aromatic heterocycles. The Morgan fingerprint density at radius 3 is 2.53 bits per heavy atom. The molecule has 0 bridgehead atoms. The SMILES string of the molecule is C#Cc1cc(Cl)cc(C(=O)OC(C)(C)C)c1N. The minimum absolute atomic E-state index is 0.195. The number of nitrogen functional groups attached to an aromatic ring is 1. The van der Waals surface area contributed by atoms with Gasteiger partial charge in [0.1, 0.15) is 5.60 Å². The van der Waals surface area contributed by atoms with Crippen molar-refractivity contribution in [3.63, 3.8) is 0 Å². The molecule has 0 saturated heterocycles. The van der Waals surface area contributed by atoms with Crippen LogP contribution in [0.1, 0.15) is 36.7 Å². The van der Waals surface area contributed by atoms with Gasteiger partial charge in [0.2, 0.25) is 0 Å². The molecular weight excluding hydrogens is 238 g/mol. The minimum Gasteiger partial charge on any atom is -0.456 e. The molecule has 3 nitrogen and oxygen atoms in total. The molecule has 2 N–H and O–H groups in total. The van der Waals surface area contributed by atoms with Crippen LogP contribution in [0, 0.1) is 12.3 Å². The van der Waals surface area contributed by atoms with Gasteiger partial charge in [0.25, 0.3) is 0 Å². The van der Waals surface area contributed by atoms with Gasteiger partial charge in [-0.1, -0.05) is 17.5 Å². The maximum Gasteiger partial charge on any atom is 0.340 e. The highest BCUT2D eigenvalue weighted by Gasteiger charge is 2.21. The first-order valence-electron chi connectivity index (χ1n) is 5.03. The van der Waals surface area contributed by atoms with Crippen LogP contribution in [0.4, 0.5) is 5.69 Å². The molecule has 1 aromatic rings. The summed E-state index contributed by atoms with van der Waals surface area (Å²) in [6.45, 7) is 5.31. The fourth-order valence-electron chi connectivity index (χ4n) is 1.24. The van der Waals surface area contributed by atoms with Crippen LogP contribution in [0.15, 0.2) is 12.1 Å². The molecule has 0 aliphatic heterocycles.